The van der Waals surface area contributed by atoms with Crippen LogP contribution < -0.4 is 11.1 Å². The summed E-state index contributed by atoms with van der Waals surface area (Å²) in [5.74, 6) is -1.77. The predicted octanol–water partition coefficient (Wildman–Crippen LogP) is 1.63. The van der Waals surface area contributed by atoms with E-state index in [1.54, 1.807) is 0 Å². The van der Waals surface area contributed by atoms with Gasteiger partial charge in [-0.05, 0) is 36.4 Å². The fraction of sp³-hybridized carbons (Fsp3) is 0.0667. The van der Waals surface area contributed by atoms with Crippen LogP contribution in [-0.2, 0) is 9.53 Å². The number of primary amides is 1. The largest absolute Gasteiger partial charge is 0.452 e. The Labute approximate surface area is 136 Å². The number of carbonyl (C=O) groups is 3. The normalized spacial score (nSPS) is 9.96. The van der Waals surface area contributed by atoms with Crippen LogP contribution in [0.15, 0.2) is 42.6 Å². The topological polar surface area (TPSA) is 111 Å². The second-order valence-corrected chi connectivity index (χ2v) is 4.82. The molecule has 0 fully saturated rings. The van der Waals surface area contributed by atoms with Crippen molar-refractivity contribution in [3.8, 4) is 0 Å². The number of amides is 2. The summed E-state index contributed by atoms with van der Waals surface area (Å²) in [4.78, 5) is 38.1. The molecule has 8 heteroatoms. The molecule has 2 amide bonds. The first-order valence-electron chi connectivity index (χ1n) is 6.44. The van der Waals surface area contributed by atoms with Gasteiger partial charge in [0.25, 0.3) is 5.91 Å². The number of anilines is 1. The van der Waals surface area contributed by atoms with Gasteiger partial charge >= 0.3 is 5.97 Å². The van der Waals surface area contributed by atoms with Gasteiger partial charge in [-0.15, -0.1) is 0 Å². The number of ether oxygens (including phenoxy) is 1. The quantitative estimate of drug-likeness (QED) is 0.638. The minimum Gasteiger partial charge on any atom is -0.452 e. The van der Waals surface area contributed by atoms with E-state index in [4.69, 9.17) is 22.1 Å². The monoisotopic (exact) mass is 333 g/mol. The van der Waals surface area contributed by atoms with Crippen LogP contribution in [-0.4, -0.2) is 29.4 Å². The third-order valence-corrected chi connectivity index (χ3v) is 2.96. The third kappa shape index (κ3) is 4.79. The van der Waals surface area contributed by atoms with Gasteiger partial charge in [0, 0.05) is 17.4 Å². The fourth-order valence-electron chi connectivity index (χ4n) is 1.66. The highest BCUT2D eigenvalue weighted by molar-refractivity contribution is 6.29. The van der Waals surface area contributed by atoms with E-state index in [1.807, 2.05) is 0 Å². The lowest BCUT2D eigenvalue weighted by atomic mass is 10.2. The standard InChI is InChI=1S/C15H12ClN3O4/c16-12-7-10(5-6-18-12)15(22)23-8-13(20)19-11-3-1-9(2-4-11)14(17)21/h1-7H,8H2,(H2,17,21)(H,19,20). The molecule has 23 heavy (non-hydrogen) atoms. The van der Waals surface area contributed by atoms with Gasteiger partial charge in [-0.1, -0.05) is 11.6 Å². The molecule has 0 bridgehead atoms. The first-order chi connectivity index (χ1) is 11.0. The SMILES string of the molecule is NC(=O)c1ccc(NC(=O)COC(=O)c2ccnc(Cl)c2)cc1. The van der Waals surface area contributed by atoms with Crippen LogP contribution >= 0.6 is 11.6 Å². The van der Waals surface area contributed by atoms with Crippen LogP contribution in [0.4, 0.5) is 5.69 Å². The zero-order valence-electron chi connectivity index (χ0n) is 11.8. The van der Waals surface area contributed by atoms with Crippen molar-refractivity contribution in [3.63, 3.8) is 0 Å². The second-order valence-electron chi connectivity index (χ2n) is 4.43. The molecule has 0 aliphatic heterocycles. The number of carbonyl (C=O) groups excluding carboxylic acids is 3. The minimum atomic E-state index is -0.687. The van der Waals surface area contributed by atoms with E-state index >= 15 is 0 Å². The first kappa shape index (κ1) is 16.4. The number of nitrogens with one attached hydrogen (secondary N) is 1. The summed E-state index contributed by atoms with van der Waals surface area (Å²) in [5, 5.41) is 2.67. The van der Waals surface area contributed by atoms with E-state index in [2.05, 4.69) is 10.3 Å². The molecule has 0 radical (unpaired) electrons. The molecule has 0 aliphatic carbocycles. The number of aromatic nitrogens is 1. The number of nitrogens with zero attached hydrogens (tertiary/aromatic N) is 1. The molecule has 0 saturated heterocycles. The first-order valence-corrected chi connectivity index (χ1v) is 6.82. The molecule has 0 spiro atoms. The number of rotatable bonds is 5. The number of esters is 1. The van der Waals surface area contributed by atoms with E-state index in [0.29, 0.717) is 11.3 Å². The van der Waals surface area contributed by atoms with Gasteiger partial charge < -0.3 is 15.8 Å². The van der Waals surface area contributed by atoms with Crippen molar-refractivity contribution >= 4 is 35.1 Å². The van der Waals surface area contributed by atoms with Gasteiger partial charge in [-0.2, -0.15) is 0 Å². The molecule has 1 aromatic carbocycles. The Morgan fingerprint density at radius 3 is 2.43 bits per heavy atom. The maximum atomic E-state index is 11.7. The van der Waals surface area contributed by atoms with Crippen molar-refractivity contribution in [2.75, 3.05) is 11.9 Å². The van der Waals surface area contributed by atoms with Crippen LogP contribution in [0.3, 0.4) is 0 Å². The van der Waals surface area contributed by atoms with E-state index in [-0.39, 0.29) is 10.7 Å². The number of pyridine rings is 1. The average Bonchev–Trinajstić information content (AvgIpc) is 2.53. The maximum absolute atomic E-state index is 11.7. The Morgan fingerprint density at radius 2 is 1.83 bits per heavy atom. The third-order valence-electron chi connectivity index (χ3n) is 2.75. The molecule has 0 aliphatic rings. The van der Waals surface area contributed by atoms with Crippen molar-refractivity contribution < 1.29 is 19.1 Å². The summed E-state index contributed by atoms with van der Waals surface area (Å²) < 4.78 is 4.87. The van der Waals surface area contributed by atoms with Crippen molar-refractivity contribution in [1.29, 1.82) is 0 Å². The Balaban J connectivity index is 1.87. The minimum absolute atomic E-state index is 0.151. The Morgan fingerprint density at radius 1 is 1.13 bits per heavy atom. The van der Waals surface area contributed by atoms with Crippen molar-refractivity contribution in [3.05, 3.63) is 58.9 Å². The van der Waals surface area contributed by atoms with Gasteiger partial charge in [-0.25, -0.2) is 9.78 Å². The van der Waals surface area contributed by atoms with Crippen LogP contribution in [0.2, 0.25) is 5.15 Å². The molecule has 2 rings (SSSR count). The summed E-state index contributed by atoms with van der Waals surface area (Å²) in [5.41, 5.74) is 6.08. The molecule has 118 valence electrons. The van der Waals surface area contributed by atoms with Crippen molar-refractivity contribution in [2.45, 2.75) is 0 Å². The van der Waals surface area contributed by atoms with Crippen molar-refractivity contribution in [2.24, 2.45) is 5.73 Å². The summed E-state index contributed by atoms with van der Waals surface area (Å²) in [7, 11) is 0. The average molecular weight is 334 g/mol. The number of hydrogen-bond acceptors (Lipinski definition) is 5. The highest BCUT2D eigenvalue weighted by Crippen LogP contribution is 2.10. The van der Waals surface area contributed by atoms with Gasteiger partial charge in [0.05, 0.1) is 5.56 Å². The van der Waals surface area contributed by atoms with Crippen LogP contribution in [0, 0.1) is 0 Å². The van der Waals surface area contributed by atoms with E-state index in [1.165, 1.54) is 42.6 Å². The lowest BCUT2D eigenvalue weighted by molar-refractivity contribution is -0.119. The Kier molecular flexibility index (Phi) is 5.27. The van der Waals surface area contributed by atoms with Gasteiger partial charge in [-0.3, -0.25) is 9.59 Å². The van der Waals surface area contributed by atoms with Crippen LogP contribution in [0.25, 0.3) is 0 Å². The number of nitrogens with two attached hydrogens (primary N) is 1. The van der Waals surface area contributed by atoms with Crippen LogP contribution in [0.5, 0.6) is 0 Å². The zero-order chi connectivity index (χ0) is 16.8. The maximum Gasteiger partial charge on any atom is 0.338 e. The van der Waals surface area contributed by atoms with Crippen molar-refractivity contribution in [1.82, 2.24) is 4.98 Å². The zero-order valence-corrected chi connectivity index (χ0v) is 12.5. The summed E-state index contributed by atoms with van der Waals surface area (Å²) in [6.07, 6.45) is 1.36. The number of benzene rings is 1. The Hall–Kier alpha value is -2.93. The molecule has 0 saturated carbocycles. The van der Waals surface area contributed by atoms with E-state index in [0.717, 1.165) is 0 Å². The number of hydrogen-bond donors (Lipinski definition) is 2. The number of halogens is 1. The molecule has 3 N–H and O–H groups in total. The molecule has 2 aromatic rings. The lowest BCUT2D eigenvalue weighted by Gasteiger charge is -2.07. The second kappa shape index (κ2) is 7.37. The molecule has 0 unspecified atom stereocenters. The molecular formula is C15H12ClN3O4. The van der Waals surface area contributed by atoms with Gasteiger partial charge in [0.1, 0.15) is 5.15 Å². The van der Waals surface area contributed by atoms with Gasteiger partial charge in [0.15, 0.2) is 6.61 Å². The molecular weight excluding hydrogens is 322 g/mol. The van der Waals surface area contributed by atoms with Gasteiger partial charge in [0.2, 0.25) is 5.91 Å². The molecule has 7 nitrogen and oxygen atoms in total. The lowest BCUT2D eigenvalue weighted by Crippen LogP contribution is -2.21. The highest BCUT2D eigenvalue weighted by Gasteiger charge is 2.11. The van der Waals surface area contributed by atoms with E-state index in [9.17, 15) is 14.4 Å². The molecule has 1 heterocycles. The molecule has 1 aromatic heterocycles. The Bertz CT molecular complexity index is 747. The van der Waals surface area contributed by atoms with E-state index < -0.39 is 24.4 Å². The fourth-order valence-corrected chi connectivity index (χ4v) is 1.83. The predicted molar refractivity (Wildman–Crippen MR) is 83.1 cm³/mol. The molecule has 0 atom stereocenters. The summed E-state index contributed by atoms with van der Waals surface area (Å²) >= 11 is 5.66. The summed E-state index contributed by atoms with van der Waals surface area (Å²) in [6.45, 7) is -0.462. The van der Waals surface area contributed by atoms with Crippen LogP contribution in [0.1, 0.15) is 20.7 Å². The highest BCUT2D eigenvalue weighted by atomic mass is 35.5. The smallest absolute Gasteiger partial charge is 0.338 e. The summed E-state index contributed by atoms with van der Waals surface area (Å²) in [6, 6.07) is 8.75.